The number of anilines is 4. The van der Waals surface area contributed by atoms with E-state index in [9.17, 15) is 27.2 Å². The van der Waals surface area contributed by atoms with Crippen molar-refractivity contribution in [3.8, 4) is 11.5 Å². The van der Waals surface area contributed by atoms with Crippen molar-refractivity contribution in [2.45, 2.75) is 18.8 Å². The van der Waals surface area contributed by atoms with Crippen molar-refractivity contribution >= 4 is 46.3 Å². The lowest BCUT2D eigenvalue weighted by Crippen LogP contribution is -2.52. The molecule has 5 rings (SSSR count). The second-order valence-electron chi connectivity index (χ2n) is 8.23. The van der Waals surface area contributed by atoms with Crippen LogP contribution < -0.4 is 30.7 Å². The number of para-hydroxylation sites is 1. The van der Waals surface area contributed by atoms with Crippen molar-refractivity contribution in [3.05, 3.63) is 82.8 Å². The Hall–Kier alpha value is -4.92. The second kappa shape index (κ2) is 10.7. The Kier molecular flexibility index (Phi) is 7.13. The molecule has 40 heavy (non-hydrogen) atoms. The maximum absolute atomic E-state index is 13.5. The molecular formula is C25H18F4N6O4S. The van der Waals surface area contributed by atoms with Gasteiger partial charge in [0.15, 0.2) is 11.5 Å². The highest BCUT2D eigenvalue weighted by Gasteiger charge is 2.65. The molecule has 4 aromatic rings. The van der Waals surface area contributed by atoms with Crippen LogP contribution in [0.5, 0.6) is 11.5 Å². The van der Waals surface area contributed by atoms with E-state index >= 15 is 0 Å². The number of alkyl halides is 4. The first-order valence-electron chi connectivity index (χ1n) is 11.4. The number of urea groups is 1. The molecule has 0 saturated carbocycles. The molecule has 2 aromatic carbocycles. The van der Waals surface area contributed by atoms with Gasteiger partial charge in [0.25, 0.3) is 5.91 Å². The summed E-state index contributed by atoms with van der Waals surface area (Å²) in [7, 11) is 0. The number of amides is 3. The standard InChI is InChI=1S/C25H18F4N6O4S/c26-24(27)25(28,29)39-18-11-16(6-7-17(18)38-24)33-22(36)20-21(32-13-40-20)31-12-14-8-9-30-19(10-14)35-23(37)34-15-4-2-1-3-5-15/h1-11,13,31H,12H2,(H,33,36)(H2,30,34,35,37). The van der Waals surface area contributed by atoms with Gasteiger partial charge in [0.2, 0.25) is 0 Å². The minimum absolute atomic E-state index is 0.00588. The van der Waals surface area contributed by atoms with Crippen molar-refractivity contribution < 1.29 is 36.6 Å². The van der Waals surface area contributed by atoms with E-state index in [1.54, 1.807) is 36.4 Å². The lowest BCUT2D eigenvalue weighted by Gasteiger charge is -2.31. The fourth-order valence-corrected chi connectivity index (χ4v) is 4.16. The Morgan fingerprint density at radius 1 is 0.825 bits per heavy atom. The summed E-state index contributed by atoms with van der Waals surface area (Å²) in [4.78, 5) is 33.5. The van der Waals surface area contributed by atoms with Crippen LogP contribution in [0.25, 0.3) is 0 Å². The van der Waals surface area contributed by atoms with Gasteiger partial charge in [-0.2, -0.15) is 17.6 Å². The van der Waals surface area contributed by atoms with Gasteiger partial charge in [-0.05, 0) is 42.0 Å². The second-order valence-corrected chi connectivity index (χ2v) is 9.09. The Bertz CT molecular complexity index is 1550. The predicted molar refractivity (Wildman–Crippen MR) is 138 cm³/mol. The quantitative estimate of drug-likeness (QED) is 0.199. The monoisotopic (exact) mass is 574 g/mol. The zero-order valence-electron chi connectivity index (χ0n) is 20.1. The Morgan fingerprint density at radius 2 is 1.57 bits per heavy atom. The first-order valence-corrected chi connectivity index (χ1v) is 12.3. The number of ether oxygens (including phenoxy) is 2. The van der Waals surface area contributed by atoms with Crippen LogP contribution in [0, 0.1) is 0 Å². The van der Waals surface area contributed by atoms with Crippen LogP contribution in [0.2, 0.25) is 0 Å². The summed E-state index contributed by atoms with van der Waals surface area (Å²) in [6, 6.07) is 14.9. The number of carbonyl (C=O) groups is 2. The molecule has 3 amide bonds. The molecular weight excluding hydrogens is 556 g/mol. The van der Waals surface area contributed by atoms with Crippen LogP contribution >= 0.6 is 11.3 Å². The number of rotatable bonds is 7. The minimum atomic E-state index is -4.88. The Labute approximate surface area is 227 Å². The normalized spacial score (nSPS) is 14.6. The highest BCUT2D eigenvalue weighted by Crippen LogP contribution is 2.47. The van der Waals surface area contributed by atoms with Crippen molar-refractivity contribution in [2.75, 3.05) is 21.3 Å². The third-order valence-corrected chi connectivity index (χ3v) is 6.17. The summed E-state index contributed by atoms with van der Waals surface area (Å²) in [6.07, 6.45) is -8.22. The lowest BCUT2D eigenvalue weighted by molar-refractivity contribution is -0.391. The number of hydrogen-bond acceptors (Lipinski definition) is 8. The molecule has 0 unspecified atom stereocenters. The van der Waals surface area contributed by atoms with Crippen LogP contribution in [-0.2, 0) is 6.54 Å². The molecule has 0 fully saturated rings. The minimum Gasteiger partial charge on any atom is -0.421 e. The smallest absolute Gasteiger partial charge is 0.421 e. The predicted octanol–water partition coefficient (Wildman–Crippen LogP) is 6.00. The molecule has 2 aromatic heterocycles. The topological polar surface area (TPSA) is 127 Å². The molecule has 10 nitrogen and oxygen atoms in total. The molecule has 0 atom stereocenters. The van der Waals surface area contributed by atoms with Gasteiger partial charge in [0.05, 0.1) is 5.51 Å². The number of halogens is 4. The maximum Gasteiger partial charge on any atom is 0.507 e. The lowest BCUT2D eigenvalue weighted by atomic mass is 10.2. The van der Waals surface area contributed by atoms with Crippen molar-refractivity contribution in [1.29, 1.82) is 0 Å². The number of pyridine rings is 1. The third kappa shape index (κ3) is 5.88. The fraction of sp³-hybridized carbons (Fsp3) is 0.120. The average Bonchev–Trinajstić information content (AvgIpc) is 3.38. The number of nitrogens with zero attached hydrogens (tertiary/aromatic N) is 2. The molecule has 0 saturated heterocycles. The van der Waals surface area contributed by atoms with E-state index in [-0.39, 0.29) is 22.9 Å². The van der Waals surface area contributed by atoms with E-state index < -0.39 is 35.7 Å². The van der Waals surface area contributed by atoms with Crippen LogP contribution in [0.1, 0.15) is 15.2 Å². The zero-order chi connectivity index (χ0) is 28.3. The number of aromatic nitrogens is 2. The molecule has 1 aliphatic heterocycles. The van der Waals surface area contributed by atoms with E-state index in [0.717, 1.165) is 23.5 Å². The van der Waals surface area contributed by atoms with Gasteiger partial charge >= 0.3 is 18.2 Å². The van der Waals surface area contributed by atoms with E-state index in [2.05, 4.69) is 40.7 Å². The number of thiazole rings is 1. The average molecular weight is 575 g/mol. The summed E-state index contributed by atoms with van der Waals surface area (Å²) in [6.45, 7) is 0.217. The summed E-state index contributed by atoms with van der Waals surface area (Å²) in [5.41, 5.74) is 2.76. The van der Waals surface area contributed by atoms with Crippen LogP contribution in [0.3, 0.4) is 0 Å². The van der Waals surface area contributed by atoms with Gasteiger partial charge in [-0.25, -0.2) is 14.8 Å². The van der Waals surface area contributed by atoms with Gasteiger partial charge in [-0.15, -0.1) is 11.3 Å². The number of nitrogens with one attached hydrogen (secondary N) is 4. The molecule has 0 aliphatic carbocycles. The van der Waals surface area contributed by atoms with E-state index in [1.165, 1.54) is 17.8 Å². The number of fused-ring (bicyclic) bond motifs is 1. The van der Waals surface area contributed by atoms with Gasteiger partial charge in [0, 0.05) is 30.2 Å². The molecule has 1 aliphatic rings. The summed E-state index contributed by atoms with van der Waals surface area (Å²) < 4.78 is 61.9. The van der Waals surface area contributed by atoms with Crippen LogP contribution in [0.4, 0.5) is 45.4 Å². The Balaban J connectivity index is 1.20. The van der Waals surface area contributed by atoms with Gasteiger partial charge in [-0.1, -0.05) is 18.2 Å². The molecule has 0 spiro atoms. The van der Waals surface area contributed by atoms with Gasteiger partial charge < -0.3 is 25.4 Å². The molecule has 4 N–H and O–H groups in total. The largest absolute Gasteiger partial charge is 0.507 e. The van der Waals surface area contributed by atoms with Crippen molar-refractivity contribution in [3.63, 3.8) is 0 Å². The molecule has 3 heterocycles. The number of hydrogen-bond donors (Lipinski definition) is 4. The first-order chi connectivity index (χ1) is 19.1. The first kappa shape index (κ1) is 26.7. The van der Waals surface area contributed by atoms with Crippen LogP contribution in [0.15, 0.2) is 72.4 Å². The summed E-state index contributed by atoms with van der Waals surface area (Å²) in [5.74, 6) is -1.35. The molecule has 0 bridgehead atoms. The van der Waals surface area contributed by atoms with Crippen molar-refractivity contribution in [2.24, 2.45) is 0 Å². The number of carbonyl (C=O) groups excluding carboxylic acids is 2. The van der Waals surface area contributed by atoms with E-state index in [1.807, 2.05) is 6.07 Å². The Morgan fingerprint density at radius 3 is 2.35 bits per heavy atom. The summed E-state index contributed by atoms with van der Waals surface area (Å²) in [5, 5.41) is 10.8. The molecule has 206 valence electrons. The third-order valence-electron chi connectivity index (χ3n) is 5.35. The van der Waals surface area contributed by atoms with Gasteiger partial charge in [0.1, 0.15) is 16.5 Å². The van der Waals surface area contributed by atoms with E-state index in [0.29, 0.717) is 17.1 Å². The number of benzene rings is 2. The molecule has 15 heteroatoms. The van der Waals surface area contributed by atoms with E-state index in [4.69, 9.17) is 0 Å². The molecule has 0 radical (unpaired) electrons. The highest BCUT2D eigenvalue weighted by molar-refractivity contribution is 7.12. The fourth-order valence-electron chi connectivity index (χ4n) is 3.50. The van der Waals surface area contributed by atoms with Crippen LogP contribution in [-0.4, -0.2) is 34.1 Å². The van der Waals surface area contributed by atoms with Gasteiger partial charge in [-0.3, -0.25) is 10.1 Å². The van der Waals surface area contributed by atoms with Crippen molar-refractivity contribution in [1.82, 2.24) is 9.97 Å². The zero-order valence-corrected chi connectivity index (χ0v) is 20.9. The SMILES string of the molecule is O=C(Nc1ccccc1)Nc1cc(CNc2ncsc2C(=O)Nc2ccc3c(c2)OC(F)(F)C(F)(F)O3)ccn1. The summed E-state index contributed by atoms with van der Waals surface area (Å²) >= 11 is 1.01. The highest BCUT2D eigenvalue weighted by atomic mass is 32.1. The maximum atomic E-state index is 13.5.